The number of hydrogen-bond donors (Lipinski definition) is 1. The highest BCUT2D eigenvalue weighted by molar-refractivity contribution is 8.13. The van der Waals surface area contributed by atoms with E-state index < -0.39 is 26.3 Å². The molecule has 1 aromatic rings. The maximum atomic E-state index is 12.5. The molecule has 0 amide bonds. The second-order valence-electron chi connectivity index (χ2n) is 4.53. The van der Waals surface area contributed by atoms with Gasteiger partial charge in [0.1, 0.15) is 5.82 Å². The van der Waals surface area contributed by atoms with Gasteiger partial charge >= 0.3 is 6.18 Å². The van der Waals surface area contributed by atoms with Gasteiger partial charge in [0, 0.05) is 16.6 Å². The Bertz CT molecular complexity index is 549. The van der Waals surface area contributed by atoms with Gasteiger partial charge in [-0.3, -0.25) is 5.10 Å². The van der Waals surface area contributed by atoms with E-state index in [2.05, 4.69) is 15.2 Å². The van der Waals surface area contributed by atoms with Gasteiger partial charge in [-0.05, 0) is 25.7 Å². The highest BCUT2D eigenvalue weighted by Gasteiger charge is 2.42. The summed E-state index contributed by atoms with van der Waals surface area (Å²) in [4.78, 5) is 3.72. The molecule has 1 aromatic heterocycles. The number of nitrogens with zero attached hydrogens (tertiary/aromatic N) is 2. The van der Waals surface area contributed by atoms with E-state index in [9.17, 15) is 21.6 Å². The van der Waals surface area contributed by atoms with E-state index in [0.29, 0.717) is 12.8 Å². The van der Waals surface area contributed by atoms with Gasteiger partial charge in [0.2, 0.25) is 0 Å². The van der Waals surface area contributed by atoms with Crippen molar-refractivity contribution < 1.29 is 21.6 Å². The third kappa shape index (κ3) is 3.38. The molecule has 1 saturated carbocycles. The Balaban J connectivity index is 2.04. The predicted molar refractivity (Wildman–Crippen MR) is 60.2 cm³/mol. The Kier molecular flexibility index (Phi) is 3.78. The van der Waals surface area contributed by atoms with Gasteiger partial charge in [-0.15, -0.1) is 5.10 Å². The number of alkyl halides is 3. The lowest BCUT2D eigenvalue weighted by Crippen LogP contribution is -2.27. The van der Waals surface area contributed by atoms with Crippen LogP contribution in [0.5, 0.6) is 0 Å². The third-order valence-corrected chi connectivity index (χ3v) is 4.31. The SMILES string of the molecule is O=S(=O)(Cl)c1n[nH]c(C2CCC(C(F)(F)F)CC2)n1. The molecule has 1 fully saturated rings. The first kappa shape index (κ1) is 14.6. The molecule has 0 aliphatic heterocycles. The van der Waals surface area contributed by atoms with Crippen molar-refractivity contribution in [1.82, 2.24) is 15.2 Å². The lowest BCUT2D eigenvalue weighted by molar-refractivity contribution is -0.182. The summed E-state index contributed by atoms with van der Waals surface area (Å²) in [6.45, 7) is 0. The minimum atomic E-state index is -4.17. The summed E-state index contributed by atoms with van der Waals surface area (Å²) in [6, 6.07) is 0. The van der Waals surface area contributed by atoms with E-state index in [1.54, 1.807) is 0 Å². The zero-order valence-electron chi connectivity index (χ0n) is 9.61. The Morgan fingerprint density at radius 2 is 1.79 bits per heavy atom. The molecule has 1 N–H and O–H groups in total. The predicted octanol–water partition coefficient (Wildman–Crippen LogP) is 2.57. The lowest BCUT2D eigenvalue weighted by Gasteiger charge is -2.28. The minimum absolute atomic E-state index is 0.0117. The van der Waals surface area contributed by atoms with Crippen LogP contribution in [0.4, 0.5) is 13.2 Å². The summed E-state index contributed by atoms with van der Waals surface area (Å²) < 4.78 is 59.5. The van der Waals surface area contributed by atoms with E-state index in [4.69, 9.17) is 10.7 Å². The zero-order valence-corrected chi connectivity index (χ0v) is 11.2. The summed E-state index contributed by atoms with van der Waals surface area (Å²) in [5.74, 6) is -1.25. The van der Waals surface area contributed by atoms with E-state index in [0.717, 1.165) is 0 Å². The van der Waals surface area contributed by atoms with Gasteiger partial charge < -0.3 is 0 Å². The minimum Gasteiger partial charge on any atom is -0.262 e. The molecular formula is C9H11ClF3N3O2S. The summed E-state index contributed by atoms with van der Waals surface area (Å²) in [6.07, 6.45) is -3.56. The van der Waals surface area contributed by atoms with Gasteiger partial charge in [-0.25, -0.2) is 13.4 Å². The topological polar surface area (TPSA) is 75.7 Å². The highest BCUT2D eigenvalue weighted by atomic mass is 35.7. The molecule has 0 unspecified atom stereocenters. The fourth-order valence-corrected chi connectivity index (χ4v) is 2.81. The second kappa shape index (κ2) is 4.93. The van der Waals surface area contributed by atoms with Crippen molar-refractivity contribution in [2.45, 2.75) is 42.9 Å². The molecular weight excluding hydrogens is 307 g/mol. The zero-order chi connectivity index (χ0) is 14.3. The van der Waals surface area contributed by atoms with E-state index >= 15 is 0 Å². The van der Waals surface area contributed by atoms with Crippen LogP contribution in [0, 0.1) is 5.92 Å². The van der Waals surface area contributed by atoms with Crippen LogP contribution >= 0.6 is 10.7 Å². The summed E-state index contributed by atoms with van der Waals surface area (Å²) in [5.41, 5.74) is 0. The first-order chi connectivity index (χ1) is 8.68. The molecule has 2 rings (SSSR count). The highest BCUT2D eigenvalue weighted by Crippen LogP contribution is 2.42. The average molecular weight is 318 g/mol. The summed E-state index contributed by atoms with van der Waals surface area (Å²) >= 11 is 0. The van der Waals surface area contributed by atoms with Crippen LogP contribution in [0.25, 0.3) is 0 Å². The van der Waals surface area contributed by atoms with Crippen molar-refractivity contribution in [1.29, 1.82) is 0 Å². The average Bonchev–Trinajstić information content (AvgIpc) is 2.77. The summed E-state index contributed by atoms with van der Waals surface area (Å²) in [5, 5.41) is 5.34. The van der Waals surface area contributed by atoms with Crippen LogP contribution < -0.4 is 0 Å². The standard InChI is InChI=1S/C9H11ClF3N3O2S/c10-19(17,18)8-14-7(15-16-8)5-1-3-6(4-2-5)9(11,12)13/h5-6H,1-4H2,(H,14,15,16). The molecule has 1 aliphatic carbocycles. The maximum Gasteiger partial charge on any atom is 0.391 e. The molecule has 5 nitrogen and oxygen atoms in total. The molecule has 10 heteroatoms. The van der Waals surface area contributed by atoms with E-state index in [1.165, 1.54) is 0 Å². The third-order valence-electron chi connectivity index (χ3n) is 3.28. The Morgan fingerprint density at radius 3 is 2.21 bits per heavy atom. The van der Waals surface area contributed by atoms with Crippen molar-refractivity contribution in [2.75, 3.05) is 0 Å². The number of H-pyrrole nitrogens is 1. The smallest absolute Gasteiger partial charge is 0.262 e. The van der Waals surface area contributed by atoms with Crippen molar-refractivity contribution in [3.05, 3.63) is 5.82 Å². The largest absolute Gasteiger partial charge is 0.391 e. The number of nitrogens with one attached hydrogen (secondary N) is 1. The molecule has 0 atom stereocenters. The summed E-state index contributed by atoms with van der Waals surface area (Å²) in [7, 11) is 1.06. The van der Waals surface area contributed by atoms with Crippen molar-refractivity contribution in [3.8, 4) is 0 Å². The van der Waals surface area contributed by atoms with Gasteiger partial charge in [-0.2, -0.15) is 13.2 Å². The number of rotatable bonds is 2. The number of halogens is 4. The van der Waals surface area contributed by atoms with Gasteiger partial charge in [0.05, 0.1) is 5.92 Å². The molecule has 1 aliphatic rings. The first-order valence-electron chi connectivity index (χ1n) is 5.61. The van der Waals surface area contributed by atoms with Gasteiger partial charge in [0.15, 0.2) is 0 Å². The molecule has 0 spiro atoms. The fourth-order valence-electron chi connectivity index (χ4n) is 2.24. The normalized spacial score (nSPS) is 25.5. The Hall–Kier alpha value is -0.830. The van der Waals surface area contributed by atoms with Crippen LogP contribution in [0.15, 0.2) is 5.16 Å². The Morgan fingerprint density at radius 1 is 1.21 bits per heavy atom. The van der Waals surface area contributed by atoms with E-state index in [-0.39, 0.29) is 24.6 Å². The molecule has 0 aromatic carbocycles. The van der Waals surface area contributed by atoms with Crippen LogP contribution in [-0.4, -0.2) is 29.8 Å². The molecule has 0 radical (unpaired) electrons. The monoisotopic (exact) mass is 317 g/mol. The van der Waals surface area contributed by atoms with Crippen molar-refractivity contribution in [2.24, 2.45) is 5.92 Å². The van der Waals surface area contributed by atoms with Crippen molar-refractivity contribution in [3.63, 3.8) is 0 Å². The van der Waals surface area contributed by atoms with Crippen molar-refractivity contribution >= 4 is 19.7 Å². The number of aromatic nitrogens is 3. The molecule has 0 saturated heterocycles. The van der Waals surface area contributed by atoms with Crippen LogP contribution in [0.1, 0.15) is 37.4 Å². The number of hydrogen-bond acceptors (Lipinski definition) is 4. The molecule has 0 bridgehead atoms. The molecule has 1 heterocycles. The van der Waals surface area contributed by atoms with Crippen LogP contribution in [0.2, 0.25) is 0 Å². The van der Waals surface area contributed by atoms with Crippen LogP contribution in [-0.2, 0) is 9.05 Å². The van der Waals surface area contributed by atoms with Crippen LogP contribution in [0.3, 0.4) is 0 Å². The fraction of sp³-hybridized carbons (Fsp3) is 0.778. The quantitative estimate of drug-likeness (QED) is 0.851. The lowest BCUT2D eigenvalue weighted by atomic mass is 9.81. The Labute approximate surface area is 112 Å². The maximum absolute atomic E-state index is 12.5. The van der Waals surface area contributed by atoms with Gasteiger partial charge in [0.25, 0.3) is 14.2 Å². The molecule has 108 valence electrons. The molecule has 19 heavy (non-hydrogen) atoms. The first-order valence-corrected chi connectivity index (χ1v) is 7.92. The van der Waals surface area contributed by atoms with E-state index in [1.807, 2.05) is 0 Å². The van der Waals surface area contributed by atoms with Gasteiger partial charge in [-0.1, -0.05) is 0 Å². The second-order valence-corrected chi connectivity index (χ2v) is 6.99. The number of aromatic amines is 1.